The quantitative estimate of drug-likeness (QED) is 0.833. The van der Waals surface area contributed by atoms with Gasteiger partial charge in [-0.05, 0) is 37.6 Å². The van der Waals surface area contributed by atoms with Gasteiger partial charge in [0, 0.05) is 19.0 Å². The van der Waals surface area contributed by atoms with Crippen LogP contribution in [-0.4, -0.2) is 27.4 Å². The van der Waals surface area contributed by atoms with E-state index in [0.29, 0.717) is 6.04 Å². The lowest BCUT2D eigenvalue weighted by molar-refractivity contribution is 0.227. The molecule has 4 heteroatoms. The van der Waals surface area contributed by atoms with E-state index in [-0.39, 0.29) is 0 Å². The molecule has 0 saturated heterocycles. The minimum Gasteiger partial charge on any atom is -0.314 e. The summed E-state index contributed by atoms with van der Waals surface area (Å²) in [4.78, 5) is 4.48. The summed E-state index contributed by atoms with van der Waals surface area (Å²) in [6.45, 7) is 8.80. The van der Waals surface area contributed by atoms with Gasteiger partial charge in [0.1, 0.15) is 12.2 Å². The van der Waals surface area contributed by atoms with Gasteiger partial charge in [-0.1, -0.05) is 33.6 Å². The zero-order valence-electron chi connectivity index (χ0n) is 13.3. The van der Waals surface area contributed by atoms with Crippen LogP contribution in [0.3, 0.4) is 0 Å². The van der Waals surface area contributed by atoms with Crippen LogP contribution < -0.4 is 5.32 Å². The van der Waals surface area contributed by atoms with Gasteiger partial charge in [-0.25, -0.2) is 4.98 Å². The highest BCUT2D eigenvalue weighted by molar-refractivity contribution is 4.93. The van der Waals surface area contributed by atoms with Crippen molar-refractivity contribution in [3.63, 3.8) is 0 Å². The lowest BCUT2D eigenvalue weighted by Gasteiger charge is -2.33. The van der Waals surface area contributed by atoms with Gasteiger partial charge in [0.05, 0.1) is 0 Å². The van der Waals surface area contributed by atoms with Crippen molar-refractivity contribution in [1.82, 2.24) is 20.1 Å². The van der Waals surface area contributed by atoms with E-state index in [2.05, 4.69) is 40.9 Å². The van der Waals surface area contributed by atoms with Crippen LogP contribution in [0.15, 0.2) is 6.33 Å². The molecule has 1 aromatic rings. The number of aryl methyl sites for hydroxylation is 1. The molecule has 1 atom stereocenters. The number of aromatic nitrogens is 3. The smallest absolute Gasteiger partial charge is 0.138 e. The highest BCUT2D eigenvalue weighted by Gasteiger charge is 2.26. The molecule has 0 spiro atoms. The van der Waals surface area contributed by atoms with Gasteiger partial charge >= 0.3 is 0 Å². The van der Waals surface area contributed by atoms with Crippen LogP contribution in [0.4, 0.5) is 0 Å². The standard InChI is InChI=1S/C16H30N4/c1-4-10-20-16(18-12-19-20)11-15(17-5-2)14-8-6-13(3)7-9-14/h12-15,17H,4-11H2,1-3H3. The first-order chi connectivity index (χ1) is 9.74. The van der Waals surface area contributed by atoms with Gasteiger partial charge in [-0.15, -0.1) is 0 Å². The molecule has 0 bridgehead atoms. The Kier molecular flexibility index (Phi) is 6.02. The van der Waals surface area contributed by atoms with Crippen molar-refractivity contribution in [2.24, 2.45) is 11.8 Å². The van der Waals surface area contributed by atoms with Crippen LogP contribution in [0.2, 0.25) is 0 Å². The van der Waals surface area contributed by atoms with Crippen LogP contribution >= 0.6 is 0 Å². The molecular formula is C16H30N4. The highest BCUT2D eigenvalue weighted by atomic mass is 15.3. The summed E-state index contributed by atoms with van der Waals surface area (Å²) in [5.74, 6) is 2.87. The fraction of sp³-hybridized carbons (Fsp3) is 0.875. The van der Waals surface area contributed by atoms with E-state index < -0.39 is 0 Å². The normalized spacial score (nSPS) is 24.8. The summed E-state index contributed by atoms with van der Waals surface area (Å²) in [6, 6.07) is 0.562. The Morgan fingerprint density at radius 3 is 2.70 bits per heavy atom. The summed E-state index contributed by atoms with van der Waals surface area (Å²) in [5.41, 5.74) is 0. The van der Waals surface area contributed by atoms with Crippen LogP contribution in [-0.2, 0) is 13.0 Å². The zero-order chi connectivity index (χ0) is 14.4. The Bertz CT molecular complexity index is 380. The van der Waals surface area contributed by atoms with Crippen molar-refractivity contribution in [2.75, 3.05) is 6.54 Å². The SMILES string of the molecule is CCCn1ncnc1CC(NCC)C1CCC(C)CC1. The molecule has 114 valence electrons. The van der Waals surface area contributed by atoms with Crippen LogP contribution in [0, 0.1) is 11.8 Å². The molecule has 0 aromatic carbocycles. The average Bonchev–Trinajstić information content (AvgIpc) is 2.87. The first-order valence-electron chi connectivity index (χ1n) is 8.34. The summed E-state index contributed by atoms with van der Waals surface area (Å²) in [6.07, 6.45) is 9.33. The summed E-state index contributed by atoms with van der Waals surface area (Å²) in [5, 5.41) is 8.05. The molecule has 0 amide bonds. The monoisotopic (exact) mass is 278 g/mol. The second kappa shape index (κ2) is 7.77. The molecule has 1 heterocycles. The predicted octanol–water partition coefficient (Wildman–Crippen LogP) is 3.04. The summed E-state index contributed by atoms with van der Waals surface area (Å²) >= 11 is 0. The van der Waals surface area contributed by atoms with Crippen molar-refractivity contribution >= 4 is 0 Å². The Hall–Kier alpha value is -0.900. The maximum Gasteiger partial charge on any atom is 0.138 e. The summed E-state index contributed by atoms with van der Waals surface area (Å²) in [7, 11) is 0. The van der Waals surface area contributed by atoms with Gasteiger partial charge in [0.15, 0.2) is 0 Å². The van der Waals surface area contributed by atoms with Gasteiger partial charge in [0.25, 0.3) is 0 Å². The average molecular weight is 278 g/mol. The highest BCUT2D eigenvalue weighted by Crippen LogP contribution is 2.31. The van der Waals surface area contributed by atoms with Crippen molar-refractivity contribution in [1.29, 1.82) is 0 Å². The number of hydrogen-bond acceptors (Lipinski definition) is 3. The van der Waals surface area contributed by atoms with Gasteiger partial charge in [-0.2, -0.15) is 5.10 Å². The Morgan fingerprint density at radius 1 is 1.30 bits per heavy atom. The second-order valence-corrected chi connectivity index (χ2v) is 6.29. The fourth-order valence-corrected chi connectivity index (χ4v) is 3.40. The Balaban J connectivity index is 1.99. The van der Waals surface area contributed by atoms with Crippen molar-refractivity contribution in [3.8, 4) is 0 Å². The molecule has 0 aliphatic heterocycles. The fourth-order valence-electron chi connectivity index (χ4n) is 3.40. The minimum atomic E-state index is 0.562. The van der Waals surface area contributed by atoms with Crippen LogP contribution in [0.5, 0.6) is 0 Å². The van der Waals surface area contributed by atoms with Crippen LogP contribution in [0.25, 0.3) is 0 Å². The lowest BCUT2D eigenvalue weighted by Crippen LogP contribution is -2.40. The second-order valence-electron chi connectivity index (χ2n) is 6.29. The molecule has 1 aromatic heterocycles. The molecule has 0 radical (unpaired) electrons. The molecule has 4 nitrogen and oxygen atoms in total. The topological polar surface area (TPSA) is 42.7 Å². The largest absolute Gasteiger partial charge is 0.314 e. The van der Waals surface area contributed by atoms with E-state index in [1.165, 1.54) is 25.7 Å². The number of nitrogens with zero attached hydrogens (tertiary/aromatic N) is 3. The zero-order valence-corrected chi connectivity index (χ0v) is 13.3. The third kappa shape index (κ3) is 4.05. The van der Waals surface area contributed by atoms with Crippen LogP contribution in [0.1, 0.15) is 58.7 Å². The van der Waals surface area contributed by atoms with Gasteiger partial charge in [0.2, 0.25) is 0 Å². The number of hydrogen-bond donors (Lipinski definition) is 1. The van der Waals surface area contributed by atoms with E-state index in [1.807, 2.05) is 0 Å². The van der Waals surface area contributed by atoms with Crippen molar-refractivity contribution in [2.45, 2.75) is 71.9 Å². The third-order valence-electron chi connectivity index (χ3n) is 4.63. The molecule has 1 aliphatic carbocycles. The number of rotatable bonds is 7. The Morgan fingerprint density at radius 2 is 2.05 bits per heavy atom. The first-order valence-corrected chi connectivity index (χ1v) is 8.34. The number of likely N-dealkylation sites (N-methyl/N-ethyl adjacent to an activating group) is 1. The van der Waals surface area contributed by atoms with E-state index in [1.54, 1.807) is 6.33 Å². The molecule has 1 N–H and O–H groups in total. The van der Waals surface area contributed by atoms with E-state index in [9.17, 15) is 0 Å². The van der Waals surface area contributed by atoms with Crippen molar-refractivity contribution in [3.05, 3.63) is 12.2 Å². The maximum atomic E-state index is 4.48. The maximum absolute atomic E-state index is 4.48. The first kappa shape index (κ1) is 15.5. The van der Waals surface area contributed by atoms with E-state index >= 15 is 0 Å². The van der Waals surface area contributed by atoms with E-state index in [4.69, 9.17) is 0 Å². The number of nitrogens with one attached hydrogen (secondary N) is 1. The molecule has 1 saturated carbocycles. The minimum absolute atomic E-state index is 0.562. The third-order valence-corrected chi connectivity index (χ3v) is 4.63. The van der Waals surface area contributed by atoms with Gasteiger partial charge in [-0.3, -0.25) is 4.68 Å². The molecule has 2 rings (SSSR count). The van der Waals surface area contributed by atoms with Crippen molar-refractivity contribution < 1.29 is 0 Å². The molecule has 1 aliphatic rings. The molecule has 1 fully saturated rings. The molecular weight excluding hydrogens is 248 g/mol. The van der Waals surface area contributed by atoms with E-state index in [0.717, 1.165) is 43.6 Å². The Labute approximate surface area is 123 Å². The molecule has 20 heavy (non-hydrogen) atoms. The lowest BCUT2D eigenvalue weighted by atomic mass is 9.78. The predicted molar refractivity (Wildman–Crippen MR) is 82.6 cm³/mol. The molecule has 1 unspecified atom stereocenters. The van der Waals surface area contributed by atoms with Gasteiger partial charge < -0.3 is 5.32 Å². The summed E-state index contributed by atoms with van der Waals surface area (Å²) < 4.78 is 2.08.